The van der Waals surface area contributed by atoms with Crippen LogP contribution in [0.5, 0.6) is 5.75 Å². The Hall–Kier alpha value is -1.91. The van der Waals surface area contributed by atoms with Gasteiger partial charge in [-0.3, -0.25) is 0 Å². The van der Waals surface area contributed by atoms with Crippen molar-refractivity contribution in [3.8, 4) is 5.75 Å². The van der Waals surface area contributed by atoms with E-state index < -0.39 is 19.8 Å². The fraction of sp³-hybridized carbons (Fsp3) is 0.435. The molecular formula is C23H32O3Si. The lowest BCUT2D eigenvalue weighted by Gasteiger charge is -2.36. The van der Waals surface area contributed by atoms with Crippen LogP contribution in [-0.4, -0.2) is 19.7 Å². The summed E-state index contributed by atoms with van der Waals surface area (Å²) in [6, 6.07) is 17.0. The quantitative estimate of drug-likeness (QED) is 0.495. The Morgan fingerprint density at radius 1 is 1.04 bits per heavy atom. The molecule has 2 aromatic rings. The number of carbonyl (C=O) groups excluding carboxylic acids is 1. The fourth-order valence-corrected chi connectivity index (χ4v) is 4.01. The molecule has 0 fully saturated rings. The Labute approximate surface area is 164 Å². The van der Waals surface area contributed by atoms with Gasteiger partial charge in [0.25, 0.3) is 0 Å². The van der Waals surface area contributed by atoms with Gasteiger partial charge in [0.15, 0.2) is 0 Å². The van der Waals surface area contributed by atoms with Crippen molar-refractivity contribution in [2.45, 2.75) is 63.8 Å². The summed E-state index contributed by atoms with van der Waals surface area (Å²) in [4.78, 5) is 12.1. The standard InChI is InChI=1S/C23H32O3Si/c1-7-23(17-24,19-11-9-8-10-12-19)21(25)18-13-15-20(16-14-18)26-27(5,6)22(2,3)4/h8-17,21,25H,7H2,1-6H3. The summed E-state index contributed by atoms with van der Waals surface area (Å²) < 4.78 is 6.31. The molecule has 2 unspecified atom stereocenters. The molecule has 0 saturated heterocycles. The van der Waals surface area contributed by atoms with E-state index in [4.69, 9.17) is 4.43 Å². The van der Waals surface area contributed by atoms with Crippen LogP contribution in [-0.2, 0) is 10.2 Å². The third-order valence-corrected chi connectivity index (χ3v) is 10.3. The van der Waals surface area contributed by atoms with Gasteiger partial charge in [-0.05, 0) is 47.8 Å². The molecule has 0 radical (unpaired) electrons. The van der Waals surface area contributed by atoms with Gasteiger partial charge in [-0.25, -0.2) is 0 Å². The Bertz CT molecular complexity index is 747. The summed E-state index contributed by atoms with van der Waals surface area (Å²) >= 11 is 0. The summed E-state index contributed by atoms with van der Waals surface area (Å²) in [6.07, 6.45) is 0.487. The van der Waals surface area contributed by atoms with Gasteiger partial charge in [0, 0.05) is 0 Å². The molecule has 0 saturated carbocycles. The highest BCUT2D eigenvalue weighted by Crippen LogP contribution is 2.40. The molecule has 0 aliphatic heterocycles. The van der Waals surface area contributed by atoms with Gasteiger partial charge < -0.3 is 14.3 Å². The fourth-order valence-electron chi connectivity index (χ4n) is 2.98. The van der Waals surface area contributed by atoms with Crippen LogP contribution in [0, 0.1) is 0 Å². The Kier molecular flexibility index (Phi) is 6.33. The predicted octanol–water partition coefficient (Wildman–Crippen LogP) is 5.65. The zero-order valence-electron chi connectivity index (χ0n) is 17.3. The molecular weight excluding hydrogens is 352 g/mol. The molecule has 0 aromatic heterocycles. The zero-order valence-corrected chi connectivity index (χ0v) is 18.3. The lowest BCUT2D eigenvalue weighted by molar-refractivity contribution is -0.117. The Morgan fingerprint density at radius 2 is 1.59 bits per heavy atom. The highest BCUT2D eigenvalue weighted by molar-refractivity contribution is 6.74. The molecule has 0 aliphatic rings. The van der Waals surface area contributed by atoms with Gasteiger partial charge in [0.2, 0.25) is 8.32 Å². The van der Waals surface area contributed by atoms with E-state index in [0.29, 0.717) is 6.42 Å². The monoisotopic (exact) mass is 384 g/mol. The van der Waals surface area contributed by atoms with Crippen LogP contribution in [0.3, 0.4) is 0 Å². The SMILES string of the molecule is CCC(C=O)(c1ccccc1)C(O)c1ccc(O[Si](C)(C)C(C)(C)C)cc1. The second kappa shape index (κ2) is 7.99. The zero-order chi connectivity index (χ0) is 20.3. The maximum absolute atomic E-state index is 12.1. The molecule has 2 aromatic carbocycles. The normalized spacial score (nSPS) is 15.7. The Morgan fingerprint density at radius 3 is 2.04 bits per heavy atom. The number of benzene rings is 2. The number of aliphatic hydroxyl groups excluding tert-OH is 1. The summed E-state index contributed by atoms with van der Waals surface area (Å²) in [6.45, 7) is 13.0. The first-order chi connectivity index (χ1) is 12.6. The molecule has 27 heavy (non-hydrogen) atoms. The van der Waals surface area contributed by atoms with E-state index in [2.05, 4.69) is 33.9 Å². The van der Waals surface area contributed by atoms with Crippen LogP contribution >= 0.6 is 0 Å². The van der Waals surface area contributed by atoms with Crippen LogP contribution in [0.15, 0.2) is 54.6 Å². The molecule has 146 valence electrons. The average Bonchev–Trinajstić information content (AvgIpc) is 2.63. The number of aldehydes is 1. The molecule has 0 spiro atoms. The third kappa shape index (κ3) is 4.33. The van der Waals surface area contributed by atoms with Crippen molar-refractivity contribution in [2.75, 3.05) is 0 Å². The van der Waals surface area contributed by atoms with Crippen molar-refractivity contribution in [3.05, 3.63) is 65.7 Å². The van der Waals surface area contributed by atoms with E-state index in [-0.39, 0.29) is 5.04 Å². The molecule has 1 N–H and O–H groups in total. The summed E-state index contributed by atoms with van der Waals surface area (Å²) in [5.41, 5.74) is 0.593. The highest BCUT2D eigenvalue weighted by Gasteiger charge is 2.40. The van der Waals surface area contributed by atoms with Crippen LogP contribution in [0.2, 0.25) is 18.1 Å². The molecule has 0 amide bonds. The maximum atomic E-state index is 12.1. The molecule has 4 heteroatoms. The minimum atomic E-state index is -1.91. The minimum absolute atomic E-state index is 0.118. The lowest BCUT2D eigenvalue weighted by Crippen LogP contribution is -2.43. The molecule has 2 rings (SSSR count). The first-order valence-corrected chi connectivity index (χ1v) is 12.5. The Balaban J connectivity index is 2.31. The second-order valence-electron chi connectivity index (χ2n) is 8.71. The van der Waals surface area contributed by atoms with Gasteiger partial charge >= 0.3 is 0 Å². The van der Waals surface area contributed by atoms with Crippen molar-refractivity contribution in [1.82, 2.24) is 0 Å². The van der Waals surface area contributed by atoms with Crippen LogP contribution in [0.1, 0.15) is 51.3 Å². The van der Waals surface area contributed by atoms with Crippen molar-refractivity contribution >= 4 is 14.6 Å². The van der Waals surface area contributed by atoms with Gasteiger partial charge in [-0.2, -0.15) is 0 Å². The number of hydrogen-bond donors (Lipinski definition) is 1. The van der Waals surface area contributed by atoms with Crippen LogP contribution < -0.4 is 4.43 Å². The third-order valence-electron chi connectivity index (χ3n) is 5.97. The van der Waals surface area contributed by atoms with Crippen molar-refractivity contribution < 1.29 is 14.3 Å². The lowest BCUT2D eigenvalue weighted by atomic mass is 9.72. The predicted molar refractivity (Wildman–Crippen MR) is 114 cm³/mol. The van der Waals surface area contributed by atoms with Gasteiger partial charge in [0.05, 0.1) is 11.5 Å². The van der Waals surface area contributed by atoms with Gasteiger partial charge in [-0.1, -0.05) is 70.2 Å². The first-order valence-electron chi connectivity index (χ1n) is 9.56. The van der Waals surface area contributed by atoms with E-state index in [9.17, 15) is 9.90 Å². The molecule has 0 heterocycles. The number of aliphatic hydroxyl groups is 1. The second-order valence-corrected chi connectivity index (χ2v) is 13.4. The number of hydrogen-bond acceptors (Lipinski definition) is 3. The van der Waals surface area contributed by atoms with E-state index >= 15 is 0 Å². The molecule has 0 aliphatic carbocycles. The number of rotatable bonds is 7. The van der Waals surface area contributed by atoms with Crippen LogP contribution in [0.25, 0.3) is 0 Å². The largest absolute Gasteiger partial charge is 0.544 e. The van der Waals surface area contributed by atoms with Crippen molar-refractivity contribution in [2.24, 2.45) is 0 Å². The van der Waals surface area contributed by atoms with Gasteiger partial charge in [-0.15, -0.1) is 0 Å². The highest BCUT2D eigenvalue weighted by atomic mass is 28.4. The topological polar surface area (TPSA) is 46.5 Å². The molecule has 3 nitrogen and oxygen atoms in total. The smallest absolute Gasteiger partial charge is 0.250 e. The molecule has 2 atom stereocenters. The van der Waals surface area contributed by atoms with Crippen molar-refractivity contribution in [1.29, 1.82) is 0 Å². The molecule has 0 bridgehead atoms. The van der Waals surface area contributed by atoms with E-state index in [1.165, 1.54) is 0 Å². The van der Waals surface area contributed by atoms with E-state index in [0.717, 1.165) is 23.2 Å². The number of carbonyl (C=O) groups is 1. The first kappa shape index (κ1) is 21.4. The summed E-state index contributed by atoms with van der Waals surface area (Å²) in [7, 11) is -1.91. The summed E-state index contributed by atoms with van der Waals surface area (Å²) in [5.74, 6) is 0.811. The minimum Gasteiger partial charge on any atom is -0.544 e. The van der Waals surface area contributed by atoms with Crippen molar-refractivity contribution in [3.63, 3.8) is 0 Å². The van der Waals surface area contributed by atoms with E-state index in [1.54, 1.807) is 0 Å². The van der Waals surface area contributed by atoms with Crippen LogP contribution in [0.4, 0.5) is 0 Å². The van der Waals surface area contributed by atoms with Gasteiger partial charge in [0.1, 0.15) is 12.0 Å². The van der Waals surface area contributed by atoms with E-state index in [1.807, 2.05) is 61.5 Å². The maximum Gasteiger partial charge on any atom is 0.250 e. The summed E-state index contributed by atoms with van der Waals surface area (Å²) in [5, 5.41) is 11.2. The average molecular weight is 385 g/mol.